The Morgan fingerprint density at radius 2 is 1.67 bits per heavy atom. The van der Waals surface area contributed by atoms with E-state index in [0.717, 1.165) is 0 Å². The van der Waals surface area contributed by atoms with Crippen LogP contribution in [-0.4, -0.2) is 57.0 Å². The lowest BCUT2D eigenvalue weighted by Gasteiger charge is -2.39. The van der Waals surface area contributed by atoms with Crippen LogP contribution in [0.4, 0.5) is 4.79 Å². The maximum absolute atomic E-state index is 12.9. The van der Waals surface area contributed by atoms with Crippen molar-refractivity contribution in [3.05, 3.63) is 35.9 Å². The summed E-state index contributed by atoms with van der Waals surface area (Å²) in [5.74, 6) is -5.47. The number of rotatable bonds is 5. The number of aliphatic carboxylic acids is 1. The average molecular weight is 419 g/mol. The first kappa shape index (κ1) is 23.1. The number of hydrogen-bond acceptors (Lipinski definition) is 7. The van der Waals surface area contributed by atoms with Crippen molar-refractivity contribution in [3.8, 4) is 0 Å². The van der Waals surface area contributed by atoms with E-state index in [0.29, 0.717) is 0 Å². The molecule has 9 heteroatoms. The molecule has 0 aromatic heterocycles. The molecular weight excluding hydrogens is 394 g/mol. The molecule has 30 heavy (non-hydrogen) atoms. The van der Waals surface area contributed by atoms with Crippen molar-refractivity contribution in [2.75, 3.05) is 0 Å². The molecule has 1 saturated heterocycles. The standard InChI is InChI=1S/C21H25NO8/c1-12(2)16(29-17(25)13-9-7-6-8-10-13)21(18(26)27)14(23)11-15(24)22(21)19(28)30-20(3,4)5/h6-10,12,16H,11H2,1-5H3,(H,26,27)/t16-,21-/m0/s1. The minimum atomic E-state index is -2.72. The van der Waals surface area contributed by atoms with Gasteiger partial charge in [-0.1, -0.05) is 32.0 Å². The van der Waals surface area contributed by atoms with E-state index in [4.69, 9.17) is 9.47 Å². The maximum atomic E-state index is 12.9. The Hall–Kier alpha value is -3.23. The van der Waals surface area contributed by atoms with Crippen molar-refractivity contribution in [2.45, 2.75) is 58.3 Å². The zero-order chi connectivity index (χ0) is 22.9. The molecular formula is C21H25NO8. The van der Waals surface area contributed by atoms with Crippen LogP contribution in [0.3, 0.4) is 0 Å². The van der Waals surface area contributed by atoms with Gasteiger partial charge in [-0.15, -0.1) is 0 Å². The fraction of sp³-hybridized carbons (Fsp3) is 0.476. The summed E-state index contributed by atoms with van der Waals surface area (Å²) < 4.78 is 10.6. The van der Waals surface area contributed by atoms with Crippen LogP contribution in [-0.2, 0) is 23.9 Å². The molecule has 0 spiro atoms. The van der Waals surface area contributed by atoms with Crippen molar-refractivity contribution in [3.63, 3.8) is 0 Å². The first-order valence-corrected chi connectivity index (χ1v) is 9.41. The van der Waals surface area contributed by atoms with Gasteiger partial charge in [0.1, 0.15) is 11.7 Å². The zero-order valence-corrected chi connectivity index (χ0v) is 17.5. The first-order valence-electron chi connectivity index (χ1n) is 9.41. The van der Waals surface area contributed by atoms with E-state index in [-0.39, 0.29) is 10.5 Å². The second-order valence-corrected chi connectivity index (χ2v) is 8.32. The second-order valence-electron chi connectivity index (χ2n) is 8.32. The molecule has 0 aliphatic carbocycles. The number of nitrogens with zero attached hydrogens (tertiary/aromatic N) is 1. The van der Waals surface area contributed by atoms with Crippen LogP contribution in [0.15, 0.2) is 30.3 Å². The Kier molecular flexibility index (Phi) is 6.34. The number of amides is 2. The lowest BCUT2D eigenvalue weighted by Crippen LogP contribution is -2.67. The highest BCUT2D eigenvalue weighted by atomic mass is 16.6. The number of imide groups is 1. The summed E-state index contributed by atoms with van der Waals surface area (Å²) in [5, 5.41) is 10.1. The Bertz CT molecular complexity index is 871. The van der Waals surface area contributed by atoms with Gasteiger partial charge in [-0.3, -0.25) is 9.59 Å². The highest BCUT2D eigenvalue weighted by Gasteiger charge is 2.68. The Morgan fingerprint density at radius 1 is 1.10 bits per heavy atom. The molecule has 2 rings (SSSR count). The van der Waals surface area contributed by atoms with Gasteiger partial charge in [-0.2, -0.15) is 0 Å². The number of carboxylic acid groups (broad SMARTS) is 1. The summed E-state index contributed by atoms with van der Waals surface area (Å²) in [6, 6.07) is 7.77. The molecule has 1 fully saturated rings. The van der Waals surface area contributed by atoms with Crippen LogP contribution in [0, 0.1) is 5.92 Å². The number of hydrogen-bond donors (Lipinski definition) is 1. The molecule has 1 aliphatic rings. The monoisotopic (exact) mass is 419 g/mol. The third-order valence-electron chi connectivity index (χ3n) is 4.50. The van der Waals surface area contributed by atoms with Crippen molar-refractivity contribution in [1.29, 1.82) is 0 Å². The molecule has 0 unspecified atom stereocenters. The van der Waals surface area contributed by atoms with Crippen LogP contribution in [0.2, 0.25) is 0 Å². The molecule has 2 atom stereocenters. The van der Waals surface area contributed by atoms with Crippen molar-refractivity contribution < 1.29 is 38.6 Å². The summed E-state index contributed by atoms with van der Waals surface area (Å²) in [4.78, 5) is 63.4. The van der Waals surface area contributed by atoms with Crippen LogP contribution in [0.25, 0.3) is 0 Å². The molecule has 1 aromatic carbocycles. The van der Waals surface area contributed by atoms with E-state index in [1.807, 2.05) is 0 Å². The summed E-state index contributed by atoms with van der Waals surface area (Å²) in [6.07, 6.45) is -3.74. The summed E-state index contributed by atoms with van der Waals surface area (Å²) >= 11 is 0. The minimum Gasteiger partial charge on any atom is -0.479 e. The molecule has 0 radical (unpaired) electrons. The largest absolute Gasteiger partial charge is 0.479 e. The number of carboxylic acids is 1. The average Bonchev–Trinajstić information content (AvgIpc) is 2.89. The third-order valence-corrected chi connectivity index (χ3v) is 4.50. The molecule has 0 bridgehead atoms. The van der Waals surface area contributed by atoms with Crippen LogP contribution < -0.4 is 0 Å². The van der Waals surface area contributed by atoms with Gasteiger partial charge in [0.05, 0.1) is 12.0 Å². The van der Waals surface area contributed by atoms with Gasteiger partial charge in [0, 0.05) is 0 Å². The molecule has 9 nitrogen and oxygen atoms in total. The van der Waals surface area contributed by atoms with Crippen molar-refractivity contribution in [2.24, 2.45) is 5.92 Å². The minimum absolute atomic E-state index is 0.129. The molecule has 0 saturated carbocycles. The lowest BCUT2D eigenvalue weighted by molar-refractivity contribution is -0.167. The maximum Gasteiger partial charge on any atom is 0.418 e. The van der Waals surface area contributed by atoms with E-state index < -0.39 is 59.3 Å². The lowest BCUT2D eigenvalue weighted by atomic mass is 9.82. The molecule has 1 aromatic rings. The summed E-state index contributed by atoms with van der Waals surface area (Å²) in [6.45, 7) is 7.65. The van der Waals surface area contributed by atoms with Crippen LogP contribution in [0.1, 0.15) is 51.4 Å². The highest BCUT2D eigenvalue weighted by Crippen LogP contribution is 2.37. The SMILES string of the molecule is CC(C)[C@H](OC(=O)c1ccccc1)[C@]1(C(=O)O)C(=O)CC(=O)N1C(=O)OC(C)(C)C. The number of ketones is 1. The number of benzene rings is 1. The van der Waals surface area contributed by atoms with E-state index in [1.54, 1.807) is 18.2 Å². The van der Waals surface area contributed by atoms with Crippen LogP contribution >= 0.6 is 0 Å². The number of likely N-dealkylation sites (tertiary alicyclic amines) is 1. The Balaban J connectivity index is 2.57. The van der Waals surface area contributed by atoms with Crippen molar-refractivity contribution in [1.82, 2.24) is 4.90 Å². The Labute approximate surface area is 173 Å². The fourth-order valence-electron chi connectivity index (χ4n) is 3.31. The van der Waals surface area contributed by atoms with E-state index in [2.05, 4.69) is 0 Å². The number of carbonyl (C=O) groups excluding carboxylic acids is 4. The normalized spacial score (nSPS) is 20.3. The van der Waals surface area contributed by atoms with Crippen molar-refractivity contribution >= 4 is 29.7 Å². The molecule has 162 valence electrons. The second kappa shape index (κ2) is 8.25. The summed E-state index contributed by atoms with van der Waals surface area (Å²) in [5.41, 5.74) is -3.65. The van der Waals surface area contributed by atoms with E-state index >= 15 is 0 Å². The van der Waals surface area contributed by atoms with E-state index in [9.17, 15) is 29.1 Å². The molecule has 1 aliphatic heterocycles. The van der Waals surface area contributed by atoms with Gasteiger partial charge in [-0.25, -0.2) is 19.3 Å². The highest BCUT2D eigenvalue weighted by molar-refractivity contribution is 6.25. The number of Topliss-reactive ketones (excluding diaryl/α,β-unsaturated/α-hetero) is 1. The van der Waals surface area contributed by atoms with Crippen LogP contribution in [0.5, 0.6) is 0 Å². The predicted molar refractivity (Wildman–Crippen MR) is 104 cm³/mol. The fourth-order valence-corrected chi connectivity index (χ4v) is 3.31. The first-order chi connectivity index (χ1) is 13.8. The number of carbonyl (C=O) groups is 5. The topological polar surface area (TPSA) is 127 Å². The van der Waals surface area contributed by atoms with Gasteiger partial charge < -0.3 is 14.6 Å². The molecule has 2 amide bonds. The quantitative estimate of drug-likeness (QED) is 0.569. The van der Waals surface area contributed by atoms with Gasteiger partial charge in [-0.05, 0) is 38.8 Å². The van der Waals surface area contributed by atoms with Gasteiger partial charge in [0.25, 0.3) is 0 Å². The Morgan fingerprint density at radius 3 is 2.13 bits per heavy atom. The predicted octanol–water partition coefficient (Wildman–Crippen LogP) is 2.43. The smallest absolute Gasteiger partial charge is 0.418 e. The number of ether oxygens (including phenoxy) is 2. The number of esters is 1. The molecule has 1 N–H and O–H groups in total. The summed E-state index contributed by atoms with van der Waals surface area (Å²) in [7, 11) is 0. The molecule has 1 heterocycles. The zero-order valence-electron chi connectivity index (χ0n) is 17.5. The van der Waals surface area contributed by atoms with Gasteiger partial charge >= 0.3 is 18.0 Å². The van der Waals surface area contributed by atoms with E-state index in [1.165, 1.54) is 46.8 Å². The third kappa shape index (κ3) is 4.19. The van der Waals surface area contributed by atoms with Gasteiger partial charge in [0.15, 0.2) is 5.78 Å². The van der Waals surface area contributed by atoms with Gasteiger partial charge in [0.2, 0.25) is 11.4 Å².